The summed E-state index contributed by atoms with van der Waals surface area (Å²) in [5.41, 5.74) is 1.92. The van der Waals surface area contributed by atoms with Crippen LogP contribution in [0.25, 0.3) is 0 Å². The van der Waals surface area contributed by atoms with E-state index in [1.807, 2.05) is 25.1 Å². The van der Waals surface area contributed by atoms with E-state index in [1.165, 1.54) is 25.0 Å². The molecule has 3 aromatic rings. The van der Waals surface area contributed by atoms with Gasteiger partial charge < -0.3 is 10.1 Å². The van der Waals surface area contributed by atoms with Gasteiger partial charge in [0.2, 0.25) is 5.91 Å². The molecule has 4 rings (SSSR count). The quantitative estimate of drug-likeness (QED) is 0.500. The first-order chi connectivity index (χ1) is 15.9. The largest absolute Gasteiger partial charge is 0.490 e. The lowest BCUT2D eigenvalue weighted by molar-refractivity contribution is -0.114. The number of ether oxygens (including phenoxy) is 1. The molecule has 0 radical (unpaired) electrons. The second kappa shape index (κ2) is 10.1. The minimum Gasteiger partial charge on any atom is -0.490 e. The number of rotatable bonds is 8. The minimum absolute atomic E-state index is 0.132. The molecule has 172 valence electrons. The molecule has 6 nitrogen and oxygen atoms in total. The van der Waals surface area contributed by atoms with E-state index >= 15 is 0 Å². The molecule has 1 N–H and O–H groups in total. The minimum atomic E-state index is -3.93. The zero-order valence-corrected chi connectivity index (χ0v) is 19.4. The van der Waals surface area contributed by atoms with Crippen LogP contribution in [0.2, 0.25) is 0 Å². The van der Waals surface area contributed by atoms with Crippen molar-refractivity contribution in [3.05, 3.63) is 84.4 Å². The van der Waals surface area contributed by atoms with Crippen LogP contribution in [0, 0.1) is 6.92 Å². The van der Waals surface area contributed by atoms with Crippen molar-refractivity contribution in [2.24, 2.45) is 0 Å². The molecule has 0 spiro atoms. The highest BCUT2D eigenvalue weighted by atomic mass is 32.2. The Hall–Kier alpha value is -3.32. The first kappa shape index (κ1) is 22.9. The van der Waals surface area contributed by atoms with E-state index in [2.05, 4.69) is 5.32 Å². The van der Waals surface area contributed by atoms with Crippen LogP contribution in [0.15, 0.2) is 83.8 Å². The summed E-state index contributed by atoms with van der Waals surface area (Å²) in [5, 5.41) is 2.80. The van der Waals surface area contributed by atoms with Crippen LogP contribution in [0.1, 0.15) is 31.2 Å². The van der Waals surface area contributed by atoms with E-state index in [-0.39, 0.29) is 17.5 Å². The molecule has 0 saturated heterocycles. The monoisotopic (exact) mass is 464 g/mol. The first-order valence-corrected chi connectivity index (χ1v) is 12.6. The maximum Gasteiger partial charge on any atom is 0.264 e. The van der Waals surface area contributed by atoms with Gasteiger partial charge in [-0.2, -0.15) is 0 Å². The summed E-state index contributed by atoms with van der Waals surface area (Å²) < 4.78 is 33.8. The highest BCUT2D eigenvalue weighted by Gasteiger charge is 2.27. The van der Waals surface area contributed by atoms with Crippen LogP contribution in [0.4, 0.5) is 11.4 Å². The fourth-order valence-corrected chi connectivity index (χ4v) is 5.40. The molecule has 0 aromatic heterocycles. The van der Waals surface area contributed by atoms with E-state index < -0.39 is 15.9 Å². The Bertz CT molecular complexity index is 1190. The third-order valence-electron chi connectivity index (χ3n) is 5.65. The van der Waals surface area contributed by atoms with Crippen molar-refractivity contribution in [2.45, 2.75) is 43.6 Å². The zero-order valence-electron chi connectivity index (χ0n) is 18.6. The summed E-state index contributed by atoms with van der Waals surface area (Å²) in [6.07, 6.45) is 4.80. The lowest BCUT2D eigenvalue weighted by Gasteiger charge is -2.24. The summed E-state index contributed by atoms with van der Waals surface area (Å²) in [6, 6.07) is 22.4. The van der Waals surface area contributed by atoms with Gasteiger partial charge in [-0.1, -0.05) is 30.3 Å². The molecule has 1 fully saturated rings. The van der Waals surface area contributed by atoms with E-state index in [1.54, 1.807) is 48.5 Å². The van der Waals surface area contributed by atoms with Gasteiger partial charge in [-0.15, -0.1) is 0 Å². The summed E-state index contributed by atoms with van der Waals surface area (Å²) >= 11 is 0. The number of hydrogen-bond donors (Lipinski definition) is 1. The van der Waals surface area contributed by atoms with Gasteiger partial charge in [0.05, 0.1) is 16.7 Å². The topological polar surface area (TPSA) is 75.7 Å². The average molecular weight is 465 g/mol. The summed E-state index contributed by atoms with van der Waals surface area (Å²) in [5.74, 6) is 0.341. The summed E-state index contributed by atoms with van der Waals surface area (Å²) in [6.45, 7) is 1.53. The standard InChI is InChI=1S/C26H28N2O4S/c1-20-8-7-9-22(18-20)28(33(30,31)25-12-3-2-4-13-25)19-26(29)27-21-14-16-24(17-15-21)32-23-10-5-6-11-23/h2-4,7-9,12-18,23H,5-6,10-11,19H2,1H3,(H,27,29). The maximum absolute atomic E-state index is 13.4. The molecular weight excluding hydrogens is 436 g/mol. The second-order valence-corrected chi connectivity index (χ2v) is 10.1. The highest BCUT2D eigenvalue weighted by Crippen LogP contribution is 2.26. The van der Waals surface area contributed by atoms with E-state index in [9.17, 15) is 13.2 Å². The van der Waals surface area contributed by atoms with Crippen molar-refractivity contribution >= 4 is 27.3 Å². The molecule has 1 amide bonds. The third-order valence-corrected chi connectivity index (χ3v) is 7.44. The molecule has 33 heavy (non-hydrogen) atoms. The SMILES string of the molecule is Cc1cccc(N(CC(=O)Nc2ccc(OC3CCCC3)cc2)S(=O)(=O)c2ccccc2)c1. The Balaban J connectivity index is 1.50. The average Bonchev–Trinajstić information content (AvgIpc) is 3.32. The Kier molecular flexibility index (Phi) is 6.99. The predicted molar refractivity (Wildman–Crippen MR) is 130 cm³/mol. The van der Waals surface area contributed by atoms with E-state index in [4.69, 9.17) is 4.74 Å². The van der Waals surface area contributed by atoms with Crippen LogP contribution in [-0.4, -0.2) is 27.0 Å². The fraction of sp³-hybridized carbons (Fsp3) is 0.269. The van der Waals surface area contributed by atoms with Crippen LogP contribution < -0.4 is 14.4 Å². The van der Waals surface area contributed by atoms with Gasteiger partial charge in [-0.05, 0) is 86.7 Å². The Morgan fingerprint density at radius 3 is 2.33 bits per heavy atom. The summed E-state index contributed by atoms with van der Waals surface area (Å²) in [4.78, 5) is 13.0. The number of amides is 1. The molecular formula is C26H28N2O4S. The van der Waals surface area contributed by atoms with Gasteiger partial charge in [0, 0.05) is 5.69 Å². The predicted octanol–water partition coefficient (Wildman–Crippen LogP) is 5.15. The maximum atomic E-state index is 13.4. The van der Waals surface area contributed by atoms with Crippen molar-refractivity contribution in [1.29, 1.82) is 0 Å². The highest BCUT2D eigenvalue weighted by molar-refractivity contribution is 7.92. The molecule has 0 unspecified atom stereocenters. The van der Waals surface area contributed by atoms with E-state index in [0.717, 1.165) is 28.5 Å². The number of carbonyl (C=O) groups excluding carboxylic acids is 1. The number of benzene rings is 3. The number of hydrogen-bond acceptors (Lipinski definition) is 4. The van der Waals surface area contributed by atoms with Crippen LogP contribution in [-0.2, 0) is 14.8 Å². The van der Waals surface area contributed by atoms with Gasteiger partial charge in [0.25, 0.3) is 10.0 Å². The van der Waals surface area contributed by atoms with Crippen molar-refractivity contribution in [2.75, 3.05) is 16.2 Å². The molecule has 0 atom stereocenters. The van der Waals surface area contributed by atoms with Crippen LogP contribution in [0.5, 0.6) is 5.75 Å². The van der Waals surface area contributed by atoms with Gasteiger partial charge in [-0.3, -0.25) is 9.10 Å². The molecule has 1 aliphatic carbocycles. The van der Waals surface area contributed by atoms with Crippen LogP contribution in [0.3, 0.4) is 0 Å². The molecule has 1 saturated carbocycles. The second-order valence-electron chi connectivity index (χ2n) is 8.26. The number of nitrogens with zero attached hydrogens (tertiary/aromatic N) is 1. The zero-order chi connectivity index (χ0) is 23.3. The Morgan fingerprint density at radius 2 is 1.67 bits per heavy atom. The molecule has 3 aromatic carbocycles. The summed E-state index contributed by atoms with van der Waals surface area (Å²) in [7, 11) is -3.93. The van der Waals surface area contributed by atoms with E-state index in [0.29, 0.717) is 11.4 Å². The van der Waals surface area contributed by atoms with Gasteiger partial charge >= 0.3 is 0 Å². The number of aryl methyl sites for hydroxylation is 1. The number of nitrogens with one attached hydrogen (secondary N) is 1. The van der Waals surface area contributed by atoms with Gasteiger partial charge in [0.1, 0.15) is 12.3 Å². The normalized spacial score (nSPS) is 14.1. The van der Waals surface area contributed by atoms with Gasteiger partial charge in [-0.25, -0.2) is 8.42 Å². The molecule has 0 heterocycles. The lowest BCUT2D eigenvalue weighted by Crippen LogP contribution is -2.38. The van der Waals surface area contributed by atoms with Crippen molar-refractivity contribution in [3.8, 4) is 5.75 Å². The Morgan fingerprint density at radius 1 is 0.970 bits per heavy atom. The van der Waals surface area contributed by atoms with Crippen molar-refractivity contribution in [3.63, 3.8) is 0 Å². The van der Waals surface area contributed by atoms with Crippen LogP contribution >= 0.6 is 0 Å². The van der Waals surface area contributed by atoms with Crippen molar-refractivity contribution in [1.82, 2.24) is 0 Å². The molecule has 7 heteroatoms. The molecule has 0 aliphatic heterocycles. The smallest absolute Gasteiger partial charge is 0.264 e. The number of carbonyl (C=O) groups is 1. The number of sulfonamides is 1. The first-order valence-electron chi connectivity index (χ1n) is 11.1. The van der Waals surface area contributed by atoms with Crippen molar-refractivity contribution < 1.29 is 17.9 Å². The number of anilines is 2. The molecule has 0 bridgehead atoms. The molecule has 1 aliphatic rings. The Labute approximate surface area is 195 Å². The lowest BCUT2D eigenvalue weighted by atomic mass is 10.2. The fourth-order valence-electron chi connectivity index (χ4n) is 3.96. The van der Waals surface area contributed by atoms with Gasteiger partial charge in [0.15, 0.2) is 0 Å². The third kappa shape index (κ3) is 5.73.